The van der Waals surface area contributed by atoms with Gasteiger partial charge in [0.05, 0.1) is 6.10 Å². The number of aryl methyl sites for hydroxylation is 1. The summed E-state index contributed by atoms with van der Waals surface area (Å²) in [5.74, 6) is 0. The minimum absolute atomic E-state index is 0.445. The summed E-state index contributed by atoms with van der Waals surface area (Å²) in [6, 6.07) is 16.1. The molecular weight excluding hydrogens is 282 g/mol. The maximum Gasteiger partial charge on any atom is 0.0802 e. The molecule has 0 bridgehead atoms. The lowest BCUT2D eigenvalue weighted by Crippen LogP contribution is -2.20. The van der Waals surface area contributed by atoms with Crippen molar-refractivity contribution in [2.24, 2.45) is 0 Å². The second-order valence-corrected chi connectivity index (χ2v) is 5.94. The van der Waals surface area contributed by atoms with E-state index in [1.54, 1.807) is 0 Å². The Hall–Kier alpha value is -1.35. The van der Waals surface area contributed by atoms with Gasteiger partial charge in [0, 0.05) is 18.1 Å². The van der Waals surface area contributed by atoms with Crippen molar-refractivity contribution in [3.8, 4) is 0 Å². The van der Waals surface area contributed by atoms with Crippen LogP contribution in [0.5, 0.6) is 0 Å². The maximum absolute atomic E-state index is 10.3. The SMILES string of the molecule is Cc1cc(C(O)CCN(C)Cc2ccccc2)ccc1Cl. The van der Waals surface area contributed by atoms with E-state index in [0.717, 1.165) is 29.2 Å². The van der Waals surface area contributed by atoms with Gasteiger partial charge in [-0.15, -0.1) is 0 Å². The lowest BCUT2D eigenvalue weighted by atomic mass is 10.0. The molecule has 1 N–H and O–H groups in total. The van der Waals surface area contributed by atoms with Gasteiger partial charge in [-0.05, 0) is 43.1 Å². The Morgan fingerprint density at radius 2 is 1.86 bits per heavy atom. The highest BCUT2D eigenvalue weighted by Gasteiger charge is 2.10. The largest absolute Gasteiger partial charge is 0.388 e. The van der Waals surface area contributed by atoms with Crippen LogP contribution in [0.1, 0.15) is 29.2 Å². The molecule has 2 rings (SSSR count). The molecule has 0 saturated carbocycles. The van der Waals surface area contributed by atoms with Crippen LogP contribution in [0.4, 0.5) is 0 Å². The molecule has 2 aromatic carbocycles. The molecule has 2 aromatic rings. The van der Waals surface area contributed by atoms with Crippen LogP contribution in [0.2, 0.25) is 5.02 Å². The summed E-state index contributed by atoms with van der Waals surface area (Å²) in [5.41, 5.74) is 3.23. The van der Waals surface area contributed by atoms with Crippen LogP contribution in [-0.2, 0) is 6.54 Å². The predicted molar refractivity (Wildman–Crippen MR) is 88.5 cm³/mol. The van der Waals surface area contributed by atoms with E-state index in [1.165, 1.54) is 5.56 Å². The second kappa shape index (κ2) is 7.60. The lowest BCUT2D eigenvalue weighted by molar-refractivity contribution is 0.147. The standard InChI is InChI=1S/C18H22ClNO/c1-14-12-16(8-9-17(14)19)18(21)10-11-20(2)13-15-6-4-3-5-7-15/h3-9,12,18,21H,10-11,13H2,1-2H3. The molecule has 0 spiro atoms. The fourth-order valence-corrected chi connectivity index (χ4v) is 2.48. The molecule has 0 fully saturated rings. The molecule has 0 aromatic heterocycles. The van der Waals surface area contributed by atoms with Crippen molar-refractivity contribution in [2.45, 2.75) is 26.0 Å². The number of aliphatic hydroxyl groups excluding tert-OH is 1. The third-order valence-corrected chi connectivity index (χ3v) is 4.07. The molecule has 0 heterocycles. The zero-order valence-corrected chi connectivity index (χ0v) is 13.3. The molecule has 112 valence electrons. The number of hydrogen-bond acceptors (Lipinski definition) is 2. The number of hydrogen-bond donors (Lipinski definition) is 1. The molecule has 0 amide bonds. The van der Waals surface area contributed by atoms with Crippen LogP contribution < -0.4 is 0 Å². The minimum Gasteiger partial charge on any atom is -0.388 e. The monoisotopic (exact) mass is 303 g/mol. The van der Waals surface area contributed by atoms with Crippen molar-refractivity contribution >= 4 is 11.6 Å². The van der Waals surface area contributed by atoms with Crippen LogP contribution in [0, 0.1) is 6.92 Å². The summed E-state index contributed by atoms with van der Waals surface area (Å²) in [7, 11) is 2.08. The first kappa shape index (κ1) is 16.0. The maximum atomic E-state index is 10.3. The van der Waals surface area contributed by atoms with Crippen molar-refractivity contribution in [1.29, 1.82) is 0 Å². The Labute approximate surface area is 132 Å². The van der Waals surface area contributed by atoms with Crippen LogP contribution in [0.15, 0.2) is 48.5 Å². The molecule has 2 nitrogen and oxygen atoms in total. The number of rotatable bonds is 6. The van der Waals surface area contributed by atoms with Gasteiger partial charge < -0.3 is 10.0 Å². The van der Waals surface area contributed by atoms with Gasteiger partial charge in [0.1, 0.15) is 0 Å². The zero-order chi connectivity index (χ0) is 15.2. The molecule has 21 heavy (non-hydrogen) atoms. The van der Waals surface area contributed by atoms with E-state index in [2.05, 4.69) is 36.2 Å². The minimum atomic E-state index is -0.445. The van der Waals surface area contributed by atoms with E-state index < -0.39 is 6.10 Å². The van der Waals surface area contributed by atoms with Gasteiger partial charge in [-0.2, -0.15) is 0 Å². The molecule has 1 atom stereocenters. The molecular formula is C18H22ClNO. The van der Waals surface area contributed by atoms with Gasteiger partial charge in [-0.3, -0.25) is 0 Å². The van der Waals surface area contributed by atoms with E-state index in [1.807, 2.05) is 31.2 Å². The molecule has 0 saturated heterocycles. The van der Waals surface area contributed by atoms with Crippen molar-refractivity contribution in [3.63, 3.8) is 0 Å². The Bertz CT molecular complexity index is 571. The smallest absolute Gasteiger partial charge is 0.0802 e. The van der Waals surface area contributed by atoms with Crippen molar-refractivity contribution in [3.05, 3.63) is 70.2 Å². The lowest BCUT2D eigenvalue weighted by Gasteiger charge is -2.19. The Morgan fingerprint density at radius 1 is 1.14 bits per heavy atom. The second-order valence-electron chi connectivity index (χ2n) is 5.54. The summed E-state index contributed by atoms with van der Waals surface area (Å²) in [4.78, 5) is 2.22. The fraction of sp³-hybridized carbons (Fsp3) is 0.333. The van der Waals surface area contributed by atoms with E-state index in [0.29, 0.717) is 6.42 Å². The highest BCUT2D eigenvalue weighted by atomic mass is 35.5. The molecule has 3 heteroatoms. The Kier molecular flexibility index (Phi) is 5.80. The molecule has 1 unspecified atom stereocenters. The molecule has 0 aliphatic heterocycles. The Morgan fingerprint density at radius 3 is 2.52 bits per heavy atom. The molecule has 0 radical (unpaired) electrons. The van der Waals surface area contributed by atoms with Crippen molar-refractivity contribution < 1.29 is 5.11 Å². The van der Waals surface area contributed by atoms with Gasteiger partial charge in [0.25, 0.3) is 0 Å². The van der Waals surface area contributed by atoms with Crippen molar-refractivity contribution in [1.82, 2.24) is 4.90 Å². The van der Waals surface area contributed by atoms with E-state index >= 15 is 0 Å². The predicted octanol–water partition coefficient (Wildman–Crippen LogP) is 4.20. The average Bonchev–Trinajstić information content (AvgIpc) is 2.48. The van der Waals surface area contributed by atoms with Gasteiger partial charge in [-0.1, -0.05) is 54.1 Å². The summed E-state index contributed by atoms with van der Waals surface area (Å²) < 4.78 is 0. The van der Waals surface area contributed by atoms with E-state index in [4.69, 9.17) is 11.6 Å². The summed E-state index contributed by atoms with van der Waals surface area (Å²) in [6.45, 7) is 3.70. The number of nitrogens with zero attached hydrogens (tertiary/aromatic N) is 1. The van der Waals surface area contributed by atoms with Gasteiger partial charge in [0.15, 0.2) is 0 Å². The molecule has 0 aliphatic rings. The third-order valence-electron chi connectivity index (χ3n) is 3.65. The van der Waals surface area contributed by atoms with Crippen LogP contribution >= 0.6 is 11.6 Å². The average molecular weight is 304 g/mol. The molecule has 0 aliphatic carbocycles. The number of halogens is 1. The number of aliphatic hydroxyl groups is 1. The normalized spacial score (nSPS) is 12.6. The quantitative estimate of drug-likeness (QED) is 0.864. The van der Waals surface area contributed by atoms with E-state index in [-0.39, 0.29) is 0 Å². The van der Waals surface area contributed by atoms with E-state index in [9.17, 15) is 5.11 Å². The van der Waals surface area contributed by atoms with Crippen LogP contribution in [-0.4, -0.2) is 23.6 Å². The highest BCUT2D eigenvalue weighted by Crippen LogP contribution is 2.23. The first-order valence-corrected chi connectivity index (χ1v) is 7.60. The zero-order valence-electron chi connectivity index (χ0n) is 12.6. The van der Waals surface area contributed by atoms with Crippen LogP contribution in [0.3, 0.4) is 0 Å². The fourth-order valence-electron chi connectivity index (χ4n) is 2.36. The topological polar surface area (TPSA) is 23.5 Å². The van der Waals surface area contributed by atoms with Gasteiger partial charge in [0.2, 0.25) is 0 Å². The summed E-state index contributed by atoms with van der Waals surface area (Å²) >= 11 is 6.01. The van der Waals surface area contributed by atoms with Crippen LogP contribution in [0.25, 0.3) is 0 Å². The first-order chi connectivity index (χ1) is 10.1. The van der Waals surface area contributed by atoms with Gasteiger partial charge in [-0.25, -0.2) is 0 Å². The summed E-state index contributed by atoms with van der Waals surface area (Å²) in [5, 5.41) is 11.0. The Balaban J connectivity index is 1.85. The third kappa shape index (κ3) is 4.85. The highest BCUT2D eigenvalue weighted by molar-refractivity contribution is 6.31. The first-order valence-electron chi connectivity index (χ1n) is 7.23. The van der Waals surface area contributed by atoms with Gasteiger partial charge >= 0.3 is 0 Å². The summed E-state index contributed by atoms with van der Waals surface area (Å²) in [6.07, 6.45) is 0.268. The number of benzene rings is 2. The van der Waals surface area contributed by atoms with Crippen molar-refractivity contribution in [2.75, 3.05) is 13.6 Å².